The summed E-state index contributed by atoms with van der Waals surface area (Å²) in [5.41, 5.74) is 2.12. The summed E-state index contributed by atoms with van der Waals surface area (Å²) >= 11 is 5.61. The van der Waals surface area contributed by atoms with E-state index >= 15 is 0 Å². The van der Waals surface area contributed by atoms with Gasteiger partial charge in [-0.15, -0.1) is 0 Å². The minimum Gasteiger partial charge on any atom is -0.310 e. The molecule has 114 valence electrons. The highest BCUT2D eigenvalue weighted by Gasteiger charge is 2.19. The molecule has 0 aliphatic heterocycles. The van der Waals surface area contributed by atoms with Gasteiger partial charge < -0.3 is 5.32 Å². The van der Waals surface area contributed by atoms with E-state index < -0.39 is 11.6 Å². The summed E-state index contributed by atoms with van der Waals surface area (Å²) in [6.45, 7) is 4.46. The molecule has 3 nitrogen and oxygen atoms in total. The van der Waals surface area contributed by atoms with Gasteiger partial charge in [-0.3, -0.25) is 4.68 Å². The van der Waals surface area contributed by atoms with Crippen molar-refractivity contribution in [1.29, 1.82) is 0 Å². The van der Waals surface area contributed by atoms with Crippen molar-refractivity contribution in [2.45, 2.75) is 26.3 Å². The Bertz CT molecular complexity index is 640. The fourth-order valence-electron chi connectivity index (χ4n) is 2.41. The van der Waals surface area contributed by atoms with Crippen LogP contribution in [0.25, 0.3) is 0 Å². The normalized spacial score (nSPS) is 12.7. The van der Waals surface area contributed by atoms with Crippen molar-refractivity contribution in [3.05, 3.63) is 51.8 Å². The number of halogens is 3. The Hall–Kier alpha value is -1.46. The zero-order valence-electron chi connectivity index (χ0n) is 12.3. The monoisotopic (exact) mass is 313 g/mol. The van der Waals surface area contributed by atoms with Crippen LogP contribution >= 0.6 is 11.6 Å². The van der Waals surface area contributed by atoms with Crippen molar-refractivity contribution >= 4 is 11.6 Å². The second-order valence-electron chi connectivity index (χ2n) is 5.00. The Morgan fingerprint density at radius 3 is 2.57 bits per heavy atom. The third-order valence-electron chi connectivity index (χ3n) is 3.38. The Balaban J connectivity index is 2.35. The average molecular weight is 314 g/mol. The van der Waals surface area contributed by atoms with E-state index in [0.29, 0.717) is 13.0 Å². The number of hydrogen-bond acceptors (Lipinski definition) is 2. The number of aromatic nitrogens is 2. The number of rotatable bonds is 5. The molecule has 1 N–H and O–H groups in total. The van der Waals surface area contributed by atoms with Gasteiger partial charge in [0, 0.05) is 30.8 Å². The maximum absolute atomic E-state index is 14.1. The third kappa shape index (κ3) is 3.60. The van der Waals surface area contributed by atoms with Crippen molar-refractivity contribution in [2.75, 3.05) is 6.54 Å². The molecule has 21 heavy (non-hydrogen) atoms. The molecular formula is C15H18ClF2N3. The highest BCUT2D eigenvalue weighted by atomic mass is 35.5. The summed E-state index contributed by atoms with van der Waals surface area (Å²) in [6, 6.07) is 3.78. The Kier molecular flexibility index (Phi) is 4.96. The van der Waals surface area contributed by atoms with E-state index in [4.69, 9.17) is 11.6 Å². The van der Waals surface area contributed by atoms with Crippen molar-refractivity contribution < 1.29 is 8.78 Å². The standard InChI is InChI=1S/C15H18ClF2N3/c1-4-19-15(6-10-5-9(2)20-21(10)3)11-7-14(18)12(16)8-13(11)17/h5,7-8,15,19H,4,6H2,1-3H3. The molecule has 2 rings (SSSR count). The molecule has 0 saturated heterocycles. The number of likely N-dealkylation sites (N-methyl/N-ethyl adjacent to an activating group) is 1. The van der Waals surface area contributed by atoms with E-state index in [2.05, 4.69) is 10.4 Å². The van der Waals surface area contributed by atoms with Gasteiger partial charge in [0.25, 0.3) is 0 Å². The summed E-state index contributed by atoms with van der Waals surface area (Å²) in [7, 11) is 1.84. The van der Waals surface area contributed by atoms with Crippen molar-refractivity contribution in [3.8, 4) is 0 Å². The molecule has 0 aliphatic rings. The van der Waals surface area contributed by atoms with Gasteiger partial charge in [-0.25, -0.2) is 8.78 Å². The first-order valence-corrected chi connectivity index (χ1v) is 7.17. The van der Waals surface area contributed by atoms with Crippen LogP contribution in [0.5, 0.6) is 0 Å². The first kappa shape index (κ1) is 15.9. The van der Waals surface area contributed by atoms with Crippen LogP contribution < -0.4 is 5.32 Å². The summed E-state index contributed by atoms with van der Waals surface area (Å²) < 4.78 is 29.5. The van der Waals surface area contributed by atoms with Crippen LogP contribution in [-0.2, 0) is 13.5 Å². The van der Waals surface area contributed by atoms with Crippen LogP contribution in [0.4, 0.5) is 8.78 Å². The minimum atomic E-state index is -0.614. The molecule has 0 spiro atoms. The molecule has 1 aromatic carbocycles. The second kappa shape index (κ2) is 6.54. The lowest BCUT2D eigenvalue weighted by Gasteiger charge is -2.19. The van der Waals surface area contributed by atoms with Crippen LogP contribution in [0.3, 0.4) is 0 Å². The van der Waals surface area contributed by atoms with Gasteiger partial charge in [0.2, 0.25) is 0 Å². The fourth-order valence-corrected chi connectivity index (χ4v) is 2.56. The molecule has 2 aromatic rings. The van der Waals surface area contributed by atoms with Crippen LogP contribution in [0, 0.1) is 18.6 Å². The number of hydrogen-bond donors (Lipinski definition) is 1. The van der Waals surface area contributed by atoms with E-state index in [-0.39, 0.29) is 16.6 Å². The molecule has 6 heteroatoms. The lowest BCUT2D eigenvalue weighted by atomic mass is 10.0. The van der Waals surface area contributed by atoms with Gasteiger partial charge in [0.05, 0.1) is 10.7 Å². The quantitative estimate of drug-likeness (QED) is 0.856. The van der Waals surface area contributed by atoms with Crippen LogP contribution in [0.1, 0.15) is 29.9 Å². The largest absolute Gasteiger partial charge is 0.310 e. The molecule has 0 bridgehead atoms. The van der Waals surface area contributed by atoms with Gasteiger partial charge in [-0.2, -0.15) is 5.10 Å². The molecule has 0 saturated carbocycles. The molecule has 0 fully saturated rings. The predicted molar refractivity (Wildman–Crippen MR) is 79.4 cm³/mol. The van der Waals surface area contributed by atoms with Gasteiger partial charge >= 0.3 is 0 Å². The summed E-state index contributed by atoms with van der Waals surface area (Å²) in [5.74, 6) is -1.12. The summed E-state index contributed by atoms with van der Waals surface area (Å²) in [6.07, 6.45) is 0.517. The lowest BCUT2D eigenvalue weighted by molar-refractivity contribution is 0.490. The van der Waals surface area contributed by atoms with E-state index in [1.54, 1.807) is 4.68 Å². The van der Waals surface area contributed by atoms with Crippen molar-refractivity contribution in [2.24, 2.45) is 7.05 Å². The number of nitrogens with zero attached hydrogens (tertiary/aromatic N) is 2. The topological polar surface area (TPSA) is 29.9 Å². The molecule has 0 amide bonds. The van der Waals surface area contributed by atoms with Gasteiger partial charge in [-0.1, -0.05) is 18.5 Å². The molecule has 1 aromatic heterocycles. The van der Waals surface area contributed by atoms with Crippen LogP contribution in [0.15, 0.2) is 18.2 Å². The maximum Gasteiger partial charge on any atom is 0.142 e. The number of benzene rings is 1. The molecule has 0 aliphatic carbocycles. The fraction of sp³-hybridized carbons (Fsp3) is 0.400. The molecule has 1 atom stereocenters. The SMILES string of the molecule is CCNC(Cc1cc(C)nn1C)c1cc(F)c(Cl)cc1F. The zero-order chi connectivity index (χ0) is 15.6. The van der Waals surface area contributed by atoms with Crippen molar-refractivity contribution in [3.63, 3.8) is 0 Å². The molecule has 0 radical (unpaired) electrons. The van der Waals surface area contributed by atoms with E-state index in [9.17, 15) is 8.78 Å². The zero-order valence-corrected chi connectivity index (χ0v) is 13.0. The Morgan fingerprint density at radius 2 is 2.00 bits per heavy atom. The minimum absolute atomic E-state index is 0.206. The third-order valence-corrected chi connectivity index (χ3v) is 3.67. The highest BCUT2D eigenvalue weighted by molar-refractivity contribution is 6.30. The lowest BCUT2D eigenvalue weighted by Crippen LogP contribution is -2.25. The summed E-state index contributed by atoms with van der Waals surface area (Å²) in [5, 5.41) is 7.25. The highest BCUT2D eigenvalue weighted by Crippen LogP contribution is 2.26. The predicted octanol–water partition coefficient (Wildman–Crippen LogP) is 3.55. The van der Waals surface area contributed by atoms with Crippen molar-refractivity contribution in [1.82, 2.24) is 15.1 Å². The Labute approximate surface area is 127 Å². The van der Waals surface area contributed by atoms with Gasteiger partial charge in [0.1, 0.15) is 11.6 Å². The average Bonchev–Trinajstić information content (AvgIpc) is 2.72. The maximum atomic E-state index is 14.1. The molecule has 1 heterocycles. The van der Waals surface area contributed by atoms with E-state index in [1.807, 2.05) is 27.0 Å². The van der Waals surface area contributed by atoms with Crippen LogP contribution in [-0.4, -0.2) is 16.3 Å². The molecular weight excluding hydrogens is 296 g/mol. The molecule has 1 unspecified atom stereocenters. The smallest absolute Gasteiger partial charge is 0.142 e. The van der Waals surface area contributed by atoms with E-state index in [1.165, 1.54) is 0 Å². The Morgan fingerprint density at radius 1 is 1.29 bits per heavy atom. The van der Waals surface area contributed by atoms with E-state index in [0.717, 1.165) is 23.5 Å². The summed E-state index contributed by atoms with van der Waals surface area (Å²) in [4.78, 5) is 0. The number of aryl methyl sites for hydroxylation is 2. The number of nitrogens with one attached hydrogen (secondary N) is 1. The first-order valence-electron chi connectivity index (χ1n) is 6.79. The van der Waals surface area contributed by atoms with Crippen LogP contribution in [0.2, 0.25) is 5.02 Å². The van der Waals surface area contributed by atoms with Gasteiger partial charge in [0.15, 0.2) is 0 Å². The van der Waals surface area contributed by atoms with Gasteiger partial charge in [-0.05, 0) is 31.7 Å². The first-order chi connectivity index (χ1) is 9.92. The second-order valence-corrected chi connectivity index (χ2v) is 5.41.